The third-order valence-electron chi connectivity index (χ3n) is 4.95. The molecule has 3 aliphatic heterocycles. The first-order chi connectivity index (χ1) is 12.1. The summed E-state index contributed by atoms with van der Waals surface area (Å²) in [6.45, 7) is 4.31. The molecule has 0 saturated carbocycles. The second kappa shape index (κ2) is 7.20. The number of hydrogen-bond acceptors (Lipinski definition) is 5. The van der Waals surface area contributed by atoms with Gasteiger partial charge in [0.2, 0.25) is 0 Å². The maximum atomic E-state index is 12.6. The van der Waals surface area contributed by atoms with Crippen molar-refractivity contribution in [2.24, 2.45) is 5.92 Å². The second-order valence-electron chi connectivity index (χ2n) is 6.61. The van der Waals surface area contributed by atoms with Crippen LogP contribution in [0.4, 0.5) is 0 Å². The van der Waals surface area contributed by atoms with Gasteiger partial charge in [0.05, 0.1) is 10.1 Å². The molecule has 2 aromatic rings. The molecule has 4 heterocycles. The van der Waals surface area contributed by atoms with Crippen molar-refractivity contribution >= 4 is 39.8 Å². The molecule has 1 amide bonds. The third kappa shape index (κ3) is 3.68. The van der Waals surface area contributed by atoms with Crippen molar-refractivity contribution in [1.82, 2.24) is 15.2 Å². The van der Waals surface area contributed by atoms with E-state index < -0.39 is 0 Å². The lowest BCUT2D eigenvalue weighted by Gasteiger charge is -2.48. The van der Waals surface area contributed by atoms with Crippen LogP contribution in [-0.2, 0) is 0 Å². The fraction of sp³-hybridized carbons (Fsp3) is 0.444. The molecule has 5 rings (SSSR count). The van der Waals surface area contributed by atoms with Gasteiger partial charge in [-0.05, 0) is 63.0 Å². The van der Waals surface area contributed by atoms with Gasteiger partial charge >= 0.3 is 0 Å². The zero-order valence-corrected chi connectivity index (χ0v) is 16.9. The molecule has 7 heteroatoms. The summed E-state index contributed by atoms with van der Waals surface area (Å²) in [7, 11) is 0. The van der Waals surface area contributed by atoms with Gasteiger partial charge in [-0.15, -0.1) is 0 Å². The molecule has 1 N–H and O–H groups in total. The van der Waals surface area contributed by atoms with Crippen molar-refractivity contribution in [2.45, 2.75) is 29.9 Å². The predicted octanol–water partition coefficient (Wildman–Crippen LogP) is 3.83. The summed E-state index contributed by atoms with van der Waals surface area (Å²) >= 11 is 3.97. The molecule has 5 nitrogen and oxygen atoms in total. The lowest BCUT2D eigenvalue weighted by molar-refractivity contribution is 0.0554. The Morgan fingerprint density at radius 3 is 2.64 bits per heavy atom. The summed E-state index contributed by atoms with van der Waals surface area (Å²) in [6, 6.07) is 7.52. The maximum Gasteiger partial charge on any atom is 0.278 e. The molecular formula is C18H20IN3O2S. The van der Waals surface area contributed by atoms with Crippen LogP contribution in [0.5, 0.6) is 10.9 Å². The van der Waals surface area contributed by atoms with Gasteiger partial charge < -0.3 is 10.1 Å². The molecule has 1 unspecified atom stereocenters. The lowest BCUT2D eigenvalue weighted by Crippen LogP contribution is -2.61. The summed E-state index contributed by atoms with van der Waals surface area (Å²) < 4.78 is 6.10. The van der Waals surface area contributed by atoms with Crippen LogP contribution in [-0.4, -0.2) is 39.0 Å². The van der Waals surface area contributed by atoms with Crippen LogP contribution in [0, 0.1) is 12.8 Å². The first kappa shape index (κ1) is 17.2. The largest absolute Gasteiger partial charge is 0.431 e. The number of ether oxygens (including phenoxy) is 1. The average molecular weight is 469 g/mol. The molecule has 0 spiro atoms. The standard InChI is InChI=1S/C18H20IN3O2S/c1-11-10-20-18(25-11)24-14-4-2-13(3-5-14)17(23)21-15-12-6-8-22(9-7-12)16(15)19/h2-5,10,12,15-16H,6-9H2,1H3,(H,21,23)/t15-,16?/m1/s1. The summed E-state index contributed by atoms with van der Waals surface area (Å²) in [5, 5.41) is 3.87. The highest BCUT2D eigenvalue weighted by Gasteiger charge is 2.41. The molecule has 0 radical (unpaired) electrons. The van der Waals surface area contributed by atoms with E-state index in [1.807, 2.05) is 31.2 Å². The lowest BCUT2D eigenvalue weighted by atomic mass is 9.84. The SMILES string of the molecule is Cc1cnc(Oc2ccc(C(=O)N[C@@H]3C4CCN(CC4)C3I)cc2)s1. The van der Waals surface area contributed by atoms with E-state index >= 15 is 0 Å². The van der Waals surface area contributed by atoms with Crippen LogP contribution in [0.3, 0.4) is 0 Å². The van der Waals surface area contributed by atoms with Crippen molar-refractivity contribution in [2.75, 3.05) is 13.1 Å². The van der Waals surface area contributed by atoms with Crippen LogP contribution >= 0.6 is 33.9 Å². The molecule has 2 atom stereocenters. The van der Waals surface area contributed by atoms with Crippen molar-refractivity contribution in [3.05, 3.63) is 40.9 Å². The highest BCUT2D eigenvalue weighted by Crippen LogP contribution is 2.35. The van der Waals surface area contributed by atoms with E-state index in [4.69, 9.17) is 4.74 Å². The Morgan fingerprint density at radius 1 is 1.32 bits per heavy atom. The van der Waals surface area contributed by atoms with Crippen molar-refractivity contribution in [3.8, 4) is 10.9 Å². The minimum atomic E-state index is -0.00272. The van der Waals surface area contributed by atoms with E-state index in [9.17, 15) is 4.79 Å². The Labute approximate surface area is 164 Å². The molecule has 3 saturated heterocycles. The minimum Gasteiger partial charge on any atom is -0.431 e. The van der Waals surface area contributed by atoms with Gasteiger partial charge in [0.25, 0.3) is 11.1 Å². The number of halogens is 1. The number of hydrogen-bond donors (Lipinski definition) is 1. The van der Waals surface area contributed by atoms with Crippen molar-refractivity contribution < 1.29 is 9.53 Å². The van der Waals surface area contributed by atoms with E-state index in [0.29, 0.717) is 26.5 Å². The Hall–Kier alpha value is -1.19. The number of alkyl halides is 1. The second-order valence-corrected chi connectivity index (χ2v) is 9.08. The van der Waals surface area contributed by atoms with Crippen LogP contribution in [0.1, 0.15) is 28.1 Å². The van der Waals surface area contributed by atoms with Gasteiger partial charge in [-0.3, -0.25) is 9.69 Å². The van der Waals surface area contributed by atoms with Crippen molar-refractivity contribution in [3.63, 3.8) is 0 Å². The van der Waals surface area contributed by atoms with E-state index in [2.05, 4.69) is 37.8 Å². The fourth-order valence-corrected chi connectivity index (χ4v) is 5.50. The molecular weight excluding hydrogens is 449 g/mol. The monoisotopic (exact) mass is 469 g/mol. The smallest absolute Gasteiger partial charge is 0.278 e. The number of nitrogens with one attached hydrogen (secondary N) is 1. The number of amides is 1. The number of rotatable bonds is 4. The van der Waals surface area contributed by atoms with Gasteiger partial charge in [-0.1, -0.05) is 33.9 Å². The van der Waals surface area contributed by atoms with Crippen LogP contribution in [0.15, 0.2) is 30.5 Å². The van der Waals surface area contributed by atoms with Crippen molar-refractivity contribution in [1.29, 1.82) is 0 Å². The number of aromatic nitrogens is 1. The fourth-order valence-electron chi connectivity index (χ4n) is 3.55. The van der Waals surface area contributed by atoms with Gasteiger partial charge in [-0.25, -0.2) is 4.98 Å². The molecule has 132 valence electrons. The Bertz CT molecular complexity index is 754. The molecule has 3 aliphatic rings. The number of carbonyl (C=O) groups is 1. The summed E-state index contributed by atoms with van der Waals surface area (Å²) in [5.74, 6) is 1.30. The van der Waals surface area contributed by atoms with Gasteiger partial charge in [0, 0.05) is 16.6 Å². The molecule has 1 aromatic heterocycles. The van der Waals surface area contributed by atoms with Crippen LogP contribution in [0.25, 0.3) is 0 Å². The number of piperidine rings is 3. The summed E-state index contributed by atoms with van der Waals surface area (Å²) in [4.78, 5) is 20.4. The predicted molar refractivity (Wildman–Crippen MR) is 107 cm³/mol. The molecule has 0 aliphatic carbocycles. The number of thiazole rings is 1. The average Bonchev–Trinajstić information content (AvgIpc) is 3.04. The van der Waals surface area contributed by atoms with Gasteiger partial charge in [0.15, 0.2) is 0 Å². The molecule has 25 heavy (non-hydrogen) atoms. The third-order valence-corrected chi connectivity index (χ3v) is 7.30. The zero-order valence-electron chi connectivity index (χ0n) is 13.9. The topological polar surface area (TPSA) is 54.5 Å². The minimum absolute atomic E-state index is 0.00272. The zero-order chi connectivity index (χ0) is 17.4. The number of fused-ring (bicyclic) bond motifs is 3. The highest BCUT2D eigenvalue weighted by molar-refractivity contribution is 14.1. The Kier molecular flexibility index (Phi) is 4.97. The maximum absolute atomic E-state index is 12.6. The first-order valence-corrected chi connectivity index (χ1v) is 10.6. The molecule has 2 bridgehead atoms. The van der Waals surface area contributed by atoms with Gasteiger partial charge in [0.1, 0.15) is 5.75 Å². The van der Waals surface area contributed by atoms with Crippen LogP contribution in [0.2, 0.25) is 0 Å². The highest BCUT2D eigenvalue weighted by atomic mass is 127. The number of nitrogens with zero attached hydrogens (tertiary/aromatic N) is 2. The van der Waals surface area contributed by atoms with E-state index in [1.54, 1.807) is 6.20 Å². The normalized spacial score (nSPS) is 27.9. The van der Waals surface area contributed by atoms with E-state index in [0.717, 1.165) is 18.0 Å². The number of aryl methyl sites for hydroxylation is 1. The number of benzene rings is 1. The van der Waals surface area contributed by atoms with E-state index in [1.165, 1.54) is 24.2 Å². The Balaban J connectivity index is 1.40. The summed E-state index contributed by atoms with van der Waals surface area (Å²) in [5.41, 5.74) is 0.669. The van der Waals surface area contributed by atoms with Gasteiger partial charge in [-0.2, -0.15) is 0 Å². The number of carbonyl (C=O) groups excluding carboxylic acids is 1. The van der Waals surface area contributed by atoms with E-state index in [-0.39, 0.29) is 11.9 Å². The quantitative estimate of drug-likeness (QED) is 0.420. The molecule has 1 aromatic carbocycles. The summed E-state index contributed by atoms with van der Waals surface area (Å²) in [6.07, 6.45) is 4.16. The van der Waals surface area contributed by atoms with Crippen LogP contribution < -0.4 is 10.1 Å². The Morgan fingerprint density at radius 2 is 2.04 bits per heavy atom. The molecule has 3 fully saturated rings. The first-order valence-electron chi connectivity index (χ1n) is 8.49.